The van der Waals surface area contributed by atoms with E-state index in [9.17, 15) is 13.5 Å². The Balaban J connectivity index is 2.20. The Morgan fingerprint density at radius 3 is 2.63 bits per heavy atom. The number of sulfonamides is 1. The molecule has 0 aromatic heterocycles. The first-order valence-electron chi connectivity index (χ1n) is 6.18. The Hall–Kier alpha value is -0.560. The van der Waals surface area contributed by atoms with Gasteiger partial charge in [0.1, 0.15) is 0 Å². The molecule has 1 aromatic carbocycles. The molecular weight excluding hydrogens is 282 g/mol. The van der Waals surface area contributed by atoms with E-state index in [4.69, 9.17) is 0 Å². The van der Waals surface area contributed by atoms with Crippen LogP contribution in [0.25, 0.3) is 0 Å². The van der Waals surface area contributed by atoms with Crippen molar-refractivity contribution in [1.82, 2.24) is 4.72 Å². The van der Waals surface area contributed by atoms with E-state index in [1.54, 1.807) is 36.9 Å². The molecule has 0 aliphatic heterocycles. The van der Waals surface area contributed by atoms with E-state index in [1.807, 2.05) is 6.26 Å². The molecule has 1 fully saturated rings. The van der Waals surface area contributed by atoms with E-state index in [0.29, 0.717) is 17.7 Å². The molecule has 1 aliphatic rings. The summed E-state index contributed by atoms with van der Waals surface area (Å²) < 4.78 is 27.4. The van der Waals surface area contributed by atoms with Crippen LogP contribution in [0.2, 0.25) is 0 Å². The Morgan fingerprint density at radius 1 is 1.42 bits per heavy atom. The second kappa shape index (κ2) is 5.44. The highest BCUT2D eigenvalue weighted by atomic mass is 32.2. The summed E-state index contributed by atoms with van der Waals surface area (Å²) in [6, 6.07) is 4.97. The fraction of sp³-hybridized carbons (Fsp3) is 0.538. The maximum atomic E-state index is 12.3. The molecular formula is C13H19NO3S2. The summed E-state index contributed by atoms with van der Waals surface area (Å²) in [5.74, 6) is 0. The molecule has 1 aromatic rings. The van der Waals surface area contributed by atoms with Gasteiger partial charge in [0.05, 0.1) is 11.5 Å². The topological polar surface area (TPSA) is 66.4 Å². The third-order valence-electron chi connectivity index (χ3n) is 3.68. The average Bonchev–Trinajstić information content (AvgIpc) is 3.17. The van der Waals surface area contributed by atoms with Crippen molar-refractivity contribution >= 4 is 21.8 Å². The van der Waals surface area contributed by atoms with E-state index < -0.39 is 10.0 Å². The zero-order valence-corrected chi connectivity index (χ0v) is 12.8. The maximum absolute atomic E-state index is 12.3. The SMILES string of the molecule is CSC1(CNS(=O)(=O)c2cccc(CO)c2C)CC1. The number of rotatable bonds is 6. The number of thioether (sulfide) groups is 1. The third kappa shape index (κ3) is 3.13. The molecule has 2 rings (SSSR count). The largest absolute Gasteiger partial charge is 0.392 e. The summed E-state index contributed by atoms with van der Waals surface area (Å²) in [6.07, 6.45) is 4.14. The number of benzene rings is 1. The first-order chi connectivity index (χ1) is 8.94. The van der Waals surface area contributed by atoms with Crippen molar-refractivity contribution in [2.45, 2.75) is 36.0 Å². The molecule has 1 saturated carbocycles. The fourth-order valence-corrected chi connectivity index (χ4v) is 4.25. The minimum atomic E-state index is -3.50. The maximum Gasteiger partial charge on any atom is 0.240 e. The number of hydrogen-bond acceptors (Lipinski definition) is 4. The van der Waals surface area contributed by atoms with E-state index in [1.165, 1.54) is 0 Å². The lowest BCUT2D eigenvalue weighted by Gasteiger charge is -2.15. The summed E-state index contributed by atoms with van der Waals surface area (Å²) in [5, 5.41) is 9.20. The van der Waals surface area contributed by atoms with E-state index >= 15 is 0 Å². The van der Waals surface area contributed by atoms with Gasteiger partial charge in [-0.25, -0.2) is 13.1 Å². The van der Waals surface area contributed by atoms with Crippen molar-refractivity contribution in [3.63, 3.8) is 0 Å². The van der Waals surface area contributed by atoms with E-state index in [0.717, 1.165) is 12.8 Å². The quantitative estimate of drug-likeness (QED) is 0.838. The van der Waals surface area contributed by atoms with Crippen molar-refractivity contribution in [1.29, 1.82) is 0 Å². The number of aliphatic hydroxyl groups excluding tert-OH is 1. The second-order valence-corrected chi connectivity index (χ2v) is 7.92. The average molecular weight is 301 g/mol. The number of hydrogen-bond donors (Lipinski definition) is 2. The monoisotopic (exact) mass is 301 g/mol. The van der Waals surface area contributed by atoms with E-state index in [2.05, 4.69) is 4.72 Å². The Kier molecular flexibility index (Phi) is 4.25. The standard InChI is InChI=1S/C13H19NO3S2/c1-10-11(8-15)4-3-5-12(10)19(16,17)14-9-13(18-2)6-7-13/h3-5,14-15H,6-9H2,1-2H3. The summed E-state index contributed by atoms with van der Waals surface area (Å²) in [7, 11) is -3.50. The summed E-state index contributed by atoms with van der Waals surface area (Å²) in [6.45, 7) is 2.05. The molecule has 0 spiro atoms. The zero-order chi connectivity index (χ0) is 14.1. The minimum Gasteiger partial charge on any atom is -0.392 e. The second-order valence-electron chi connectivity index (χ2n) is 4.91. The summed E-state index contributed by atoms with van der Waals surface area (Å²) in [4.78, 5) is 0.260. The highest BCUT2D eigenvalue weighted by Crippen LogP contribution is 2.46. The van der Waals surface area contributed by atoms with Crippen LogP contribution in [0.3, 0.4) is 0 Å². The Morgan fingerprint density at radius 2 is 2.11 bits per heavy atom. The van der Waals surface area contributed by atoms with Crippen LogP contribution in [0.5, 0.6) is 0 Å². The van der Waals surface area contributed by atoms with Gasteiger partial charge in [-0.1, -0.05) is 12.1 Å². The molecule has 0 unspecified atom stereocenters. The predicted octanol–water partition coefficient (Wildman–Crippen LogP) is 1.66. The lowest BCUT2D eigenvalue weighted by atomic mass is 10.1. The van der Waals surface area contributed by atoms with Gasteiger partial charge in [0.25, 0.3) is 0 Å². The van der Waals surface area contributed by atoms with Crippen LogP contribution in [0.1, 0.15) is 24.0 Å². The van der Waals surface area contributed by atoms with Crippen LogP contribution in [-0.4, -0.2) is 31.1 Å². The summed E-state index contributed by atoms with van der Waals surface area (Å²) in [5.41, 5.74) is 1.26. The first kappa shape index (κ1) is 14.8. The lowest BCUT2D eigenvalue weighted by molar-refractivity contribution is 0.280. The Labute approximate surface area is 118 Å². The minimum absolute atomic E-state index is 0.0928. The van der Waals surface area contributed by atoms with Crippen LogP contribution in [0, 0.1) is 6.92 Å². The lowest BCUT2D eigenvalue weighted by Crippen LogP contribution is -2.32. The molecule has 6 heteroatoms. The predicted molar refractivity (Wildman–Crippen MR) is 77.8 cm³/mol. The van der Waals surface area contributed by atoms with Gasteiger partial charge in [0.2, 0.25) is 10.0 Å². The third-order valence-corrected chi connectivity index (χ3v) is 6.65. The van der Waals surface area contributed by atoms with Crippen LogP contribution in [-0.2, 0) is 16.6 Å². The zero-order valence-electron chi connectivity index (χ0n) is 11.1. The van der Waals surface area contributed by atoms with Crippen molar-refractivity contribution in [3.8, 4) is 0 Å². The van der Waals surface area contributed by atoms with Crippen molar-refractivity contribution in [2.24, 2.45) is 0 Å². The molecule has 0 bridgehead atoms. The van der Waals surface area contributed by atoms with Gasteiger partial charge in [0.15, 0.2) is 0 Å². The van der Waals surface area contributed by atoms with Crippen molar-refractivity contribution < 1.29 is 13.5 Å². The number of nitrogens with one attached hydrogen (secondary N) is 1. The van der Waals surface area contributed by atoms with Gasteiger partial charge >= 0.3 is 0 Å². The van der Waals surface area contributed by atoms with Crippen LogP contribution in [0.4, 0.5) is 0 Å². The molecule has 0 saturated heterocycles. The van der Waals surface area contributed by atoms with E-state index in [-0.39, 0.29) is 16.2 Å². The highest BCUT2D eigenvalue weighted by molar-refractivity contribution is 8.00. The Bertz CT molecular complexity index is 565. The number of aliphatic hydroxyl groups is 1. The van der Waals surface area contributed by atoms with Crippen LogP contribution in [0.15, 0.2) is 23.1 Å². The fourth-order valence-electron chi connectivity index (χ4n) is 2.02. The molecule has 0 atom stereocenters. The smallest absolute Gasteiger partial charge is 0.240 e. The highest BCUT2D eigenvalue weighted by Gasteiger charge is 2.42. The van der Waals surface area contributed by atoms with Gasteiger partial charge in [-0.05, 0) is 43.2 Å². The summed E-state index contributed by atoms with van der Waals surface area (Å²) >= 11 is 1.72. The molecule has 2 N–H and O–H groups in total. The van der Waals surface area contributed by atoms with Crippen LogP contribution < -0.4 is 4.72 Å². The van der Waals surface area contributed by atoms with Gasteiger partial charge in [-0.15, -0.1) is 0 Å². The molecule has 0 amide bonds. The van der Waals surface area contributed by atoms with Crippen LogP contribution >= 0.6 is 11.8 Å². The molecule has 4 nitrogen and oxygen atoms in total. The molecule has 0 heterocycles. The molecule has 0 radical (unpaired) electrons. The van der Waals surface area contributed by atoms with Crippen molar-refractivity contribution in [3.05, 3.63) is 29.3 Å². The van der Waals surface area contributed by atoms with Gasteiger partial charge < -0.3 is 5.11 Å². The molecule has 19 heavy (non-hydrogen) atoms. The molecule has 106 valence electrons. The first-order valence-corrected chi connectivity index (χ1v) is 8.89. The normalized spacial score (nSPS) is 17.4. The van der Waals surface area contributed by atoms with Gasteiger partial charge in [-0.3, -0.25) is 0 Å². The van der Waals surface area contributed by atoms with Crippen molar-refractivity contribution in [2.75, 3.05) is 12.8 Å². The van der Waals surface area contributed by atoms with Gasteiger partial charge in [-0.2, -0.15) is 11.8 Å². The molecule has 1 aliphatic carbocycles. The van der Waals surface area contributed by atoms with Gasteiger partial charge in [0, 0.05) is 11.3 Å².